The van der Waals surface area contributed by atoms with E-state index in [0.717, 1.165) is 17.7 Å². The van der Waals surface area contributed by atoms with Crippen molar-refractivity contribution in [3.8, 4) is 11.8 Å². The van der Waals surface area contributed by atoms with Gasteiger partial charge in [0.1, 0.15) is 5.75 Å². The second kappa shape index (κ2) is 6.65. The Balaban J connectivity index is 2.99. The van der Waals surface area contributed by atoms with Gasteiger partial charge in [0.05, 0.1) is 18.9 Å². The Labute approximate surface area is 108 Å². The van der Waals surface area contributed by atoms with Gasteiger partial charge in [-0.1, -0.05) is 13.0 Å². The number of ether oxygens (including phenoxy) is 1. The zero-order valence-electron chi connectivity index (χ0n) is 11.1. The summed E-state index contributed by atoms with van der Waals surface area (Å²) in [5.41, 5.74) is 1.89. The lowest BCUT2D eigenvalue weighted by Crippen LogP contribution is -2.26. The fourth-order valence-corrected chi connectivity index (χ4v) is 1.68. The van der Waals surface area contributed by atoms with Gasteiger partial charge >= 0.3 is 0 Å². The van der Waals surface area contributed by atoms with Crippen molar-refractivity contribution in [3.63, 3.8) is 0 Å². The summed E-state index contributed by atoms with van der Waals surface area (Å²) in [4.78, 5) is 13.4. The number of rotatable bonds is 5. The maximum atomic E-state index is 11.9. The Morgan fingerprint density at radius 1 is 1.50 bits per heavy atom. The van der Waals surface area contributed by atoms with Crippen LogP contribution in [-0.2, 0) is 11.2 Å². The molecule has 1 rings (SSSR count). The second-order valence-corrected chi connectivity index (χ2v) is 3.97. The van der Waals surface area contributed by atoms with Crippen LogP contribution in [0, 0.1) is 11.3 Å². The molecule has 0 saturated carbocycles. The molecule has 0 aliphatic carbocycles. The van der Waals surface area contributed by atoms with Crippen molar-refractivity contribution in [2.24, 2.45) is 0 Å². The lowest BCUT2D eigenvalue weighted by Gasteiger charge is -2.20. The Kier molecular flexibility index (Phi) is 5.19. The number of hydrogen-bond acceptors (Lipinski definition) is 3. The molecule has 0 aliphatic rings. The average molecular weight is 246 g/mol. The highest BCUT2D eigenvalue weighted by atomic mass is 16.5. The lowest BCUT2D eigenvalue weighted by molar-refractivity contribution is -0.118. The molecule has 0 atom stereocenters. The van der Waals surface area contributed by atoms with Crippen molar-refractivity contribution in [1.82, 2.24) is 0 Å². The fourth-order valence-electron chi connectivity index (χ4n) is 1.68. The van der Waals surface area contributed by atoms with Crippen LogP contribution in [0.1, 0.15) is 25.3 Å². The van der Waals surface area contributed by atoms with Crippen molar-refractivity contribution in [3.05, 3.63) is 23.8 Å². The first-order valence-electron chi connectivity index (χ1n) is 5.94. The molecular formula is C14H18N2O2. The standard InChI is InChI=1S/C14H18N2O2/c1-4-11-7-8-13(18-3)12(10-11)16(2)14(17)6-5-9-15/h7-8,10H,4-6H2,1-3H3. The van der Waals surface area contributed by atoms with E-state index in [-0.39, 0.29) is 18.7 Å². The molecule has 18 heavy (non-hydrogen) atoms. The molecule has 0 bridgehead atoms. The molecule has 1 aromatic carbocycles. The van der Waals surface area contributed by atoms with Gasteiger partial charge in [-0.05, 0) is 24.1 Å². The SMILES string of the molecule is CCc1ccc(OC)c(N(C)C(=O)CCC#N)c1. The molecule has 4 nitrogen and oxygen atoms in total. The number of carbonyl (C=O) groups is 1. The largest absolute Gasteiger partial charge is 0.495 e. The molecule has 1 aromatic rings. The number of benzene rings is 1. The first kappa shape index (κ1) is 14.0. The molecule has 0 heterocycles. The maximum Gasteiger partial charge on any atom is 0.227 e. The molecule has 0 saturated heterocycles. The summed E-state index contributed by atoms with van der Waals surface area (Å²) in [5, 5.41) is 8.50. The fraction of sp³-hybridized carbons (Fsp3) is 0.429. The molecule has 4 heteroatoms. The first-order valence-corrected chi connectivity index (χ1v) is 5.94. The van der Waals surface area contributed by atoms with E-state index >= 15 is 0 Å². The second-order valence-electron chi connectivity index (χ2n) is 3.97. The summed E-state index contributed by atoms with van der Waals surface area (Å²) < 4.78 is 5.26. The van der Waals surface area contributed by atoms with Gasteiger partial charge in [-0.3, -0.25) is 4.79 Å². The van der Waals surface area contributed by atoms with Gasteiger partial charge in [-0.2, -0.15) is 5.26 Å². The normalized spacial score (nSPS) is 9.67. The van der Waals surface area contributed by atoms with E-state index in [1.165, 1.54) is 0 Å². The molecule has 0 spiro atoms. The summed E-state index contributed by atoms with van der Waals surface area (Å²) >= 11 is 0. The molecule has 0 radical (unpaired) electrons. The van der Waals surface area contributed by atoms with Gasteiger partial charge in [-0.25, -0.2) is 0 Å². The van der Waals surface area contributed by atoms with Crippen LogP contribution in [0.2, 0.25) is 0 Å². The summed E-state index contributed by atoms with van der Waals surface area (Å²) in [6.45, 7) is 2.06. The molecule has 0 fully saturated rings. The minimum Gasteiger partial charge on any atom is -0.495 e. The van der Waals surface area contributed by atoms with E-state index in [0.29, 0.717) is 5.75 Å². The van der Waals surface area contributed by atoms with Gasteiger partial charge in [0.2, 0.25) is 5.91 Å². The smallest absolute Gasteiger partial charge is 0.227 e. The predicted molar refractivity (Wildman–Crippen MR) is 70.6 cm³/mol. The minimum absolute atomic E-state index is 0.0805. The van der Waals surface area contributed by atoms with E-state index < -0.39 is 0 Å². The van der Waals surface area contributed by atoms with Crippen LogP contribution in [-0.4, -0.2) is 20.1 Å². The molecular weight excluding hydrogens is 228 g/mol. The molecule has 0 aromatic heterocycles. The van der Waals surface area contributed by atoms with E-state index in [2.05, 4.69) is 6.92 Å². The summed E-state index contributed by atoms with van der Waals surface area (Å²) in [7, 11) is 3.29. The minimum atomic E-state index is -0.0805. The van der Waals surface area contributed by atoms with Crippen LogP contribution in [0.15, 0.2) is 18.2 Å². The Morgan fingerprint density at radius 3 is 2.78 bits per heavy atom. The molecule has 0 aliphatic heterocycles. The number of aryl methyl sites for hydroxylation is 1. The van der Waals surface area contributed by atoms with E-state index in [1.807, 2.05) is 24.3 Å². The van der Waals surface area contributed by atoms with Crippen molar-refractivity contribution in [2.75, 3.05) is 19.1 Å². The monoisotopic (exact) mass is 246 g/mol. The van der Waals surface area contributed by atoms with Gasteiger partial charge < -0.3 is 9.64 Å². The van der Waals surface area contributed by atoms with E-state index in [1.54, 1.807) is 19.1 Å². The Morgan fingerprint density at radius 2 is 2.22 bits per heavy atom. The lowest BCUT2D eigenvalue weighted by atomic mass is 10.1. The summed E-state index contributed by atoms with van der Waals surface area (Å²) in [5.74, 6) is 0.586. The molecule has 96 valence electrons. The van der Waals surface area contributed by atoms with Crippen LogP contribution in [0.4, 0.5) is 5.69 Å². The first-order chi connectivity index (χ1) is 8.63. The highest BCUT2D eigenvalue weighted by Crippen LogP contribution is 2.29. The third-order valence-corrected chi connectivity index (χ3v) is 2.84. The van der Waals surface area contributed by atoms with Crippen LogP contribution in [0.5, 0.6) is 5.75 Å². The number of nitrogens with zero attached hydrogens (tertiary/aromatic N) is 2. The molecule has 1 amide bonds. The molecule has 0 N–H and O–H groups in total. The van der Waals surface area contributed by atoms with Gasteiger partial charge in [0, 0.05) is 19.9 Å². The van der Waals surface area contributed by atoms with Crippen LogP contribution in [0.25, 0.3) is 0 Å². The van der Waals surface area contributed by atoms with Gasteiger partial charge in [0.25, 0.3) is 0 Å². The zero-order valence-corrected chi connectivity index (χ0v) is 11.1. The van der Waals surface area contributed by atoms with Gasteiger partial charge in [0.15, 0.2) is 0 Å². The number of amides is 1. The maximum absolute atomic E-state index is 11.9. The zero-order chi connectivity index (χ0) is 13.5. The highest BCUT2D eigenvalue weighted by Gasteiger charge is 2.15. The van der Waals surface area contributed by atoms with E-state index in [9.17, 15) is 4.79 Å². The van der Waals surface area contributed by atoms with Crippen molar-refractivity contribution < 1.29 is 9.53 Å². The topological polar surface area (TPSA) is 53.3 Å². The predicted octanol–water partition coefficient (Wildman–Crippen LogP) is 2.52. The van der Waals surface area contributed by atoms with E-state index in [4.69, 9.17) is 10.00 Å². The third-order valence-electron chi connectivity index (χ3n) is 2.84. The van der Waals surface area contributed by atoms with Crippen molar-refractivity contribution >= 4 is 11.6 Å². The summed E-state index contributed by atoms with van der Waals surface area (Å²) in [6, 6.07) is 7.77. The number of hydrogen-bond donors (Lipinski definition) is 0. The number of methoxy groups -OCH3 is 1. The number of carbonyl (C=O) groups excluding carboxylic acids is 1. The van der Waals surface area contributed by atoms with Crippen LogP contribution < -0.4 is 9.64 Å². The highest BCUT2D eigenvalue weighted by molar-refractivity contribution is 5.94. The quantitative estimate of drug-likeness (QED) is 0.802. The van der Waals surface area contributed by atoms with Crippen LogP contribution in [0.3, 0.4) is 0 Å². The third kappa shape index (κ3) is 3.24. The number of nitriles is 1. The average Bonchev–Trinajstić information content (AvgIpc) is 2.43. The van der Waals surface area contributed by atoms with Crippen LogP contribution >= 0.6 is 0 Å². The number of anilines is 1. The molecule has 0 unspecified atom stereocenters. The van der Waals surface area contributed by atoms with Gasteiger partial charge in [-0.15, -0.1) is 0 Å². The van der Waals surface area contributed by atoms with Crippen molar-refractivity contribution in [2.45, 2.75) is 26.2 Å². The summed E-state index contributed by atoms with van der Waals surface area (Å²) in [6.07, 6.45) is 1.36. The van der Waals surface area contributed by atoms with Crippen molar-refractivity contribution in [1.29, 1.82) is 5.26 Å². The Bertz CT molecular complexity index is 463. The Hall–Kier alpha value is -2.02.